The van der Waals surface area contributed by atoms with Crippen molar-refractivity contribution in [3.63, 3.8) is 0 Å². The number of nitrogen functional groups attached to an aromatic ring is 1. The molecular weight excluding hydrogens is 244 g/mol. The highest BCUT2D eigenvalue weighted by Gasteiger charge is 2.11. The zero-order chi connectivity index (χ0) is 10.3. The maximum atomic E-state index is 8.82. The Balaban J connectivity index is 2.96. The molecule has 70 valence electrons. The zero-order valence-electron chi connectivity index (χ0n) is 7.45. The summed E-state index contributed by atoms with van der Waals surface area (Å²) in [6, 6.07) is 3.72. The van der Waals surface area contributed by atoms with E-state index >= 15 is 0 Å². The van der Waals surface area contributed by atoms with E-state index in [1.807, 2.05) is 17.7 Å². The van der Waals surface area contributed by atoms with Crippen molar-refractivity contribution in [2.24, 2.45) is 7.05 Å². The fraction of sp³-hybridized carbons (Fsp3) is 0.111. The van der Waals surface area contributed by atoms with Crippen molar-refractivity contribution in [2.45, 2.75) is 0 Å². The van der Waals surface area contributed by atoms with Crippen molar-refractivity contribution >= 4 is 32.7 Å². The number of nitriles is 1. The Hall–Kier alpha value is -1.54. The van der Waals surface area contributed by atoms with Gasteiger partial charge in [0.05, 0.1) is 33.1 Å². The third-order valence-electron chi connectivity index (χ3n) is 2.10. The minimum absolute atomic E-state index is 0.447. The van der Waals surface area contributed by atoms with Gasteiger partial charge in [0.15, 0.2) is 0 Å². The molecule has 14 heavy (non-hydrogen) atoms. The molecule has 0 spiro atoms. The predicted molar refractivity (Wildman–Crippen MR) is 57.5 cm³/mol. The molecule has 2 aromatic rings. The van der Waals surface area contributed by atoms with Gasteiger partial charge in [-0.05, 0) is 22.0 Å². The Morgan fingerprint density at radius 2 is 2.36 bits per heavy atom. The Labute approximate surface area is 89.1 Å². The fourth-order valence-corrected chi connectivity index (χ4v) is 2.07. The Morgan fingerprint density at radius 1 is 1.64 bits per heavy atom. The number of aromatic nitrogens is 2. The summed E-state index contributed by atoms with van der Waals surface area (Å²) in [7, 11) is 1.88. The highest BCUT2D eigenvalue weighted by molar-refractivity contribution is 9.10. The topological polar surface area (TPSA) is 67.6 Å². The van der Waals surface area contributed by atoms with Gasteiger partial charge in [-0.1, -0.05) is 0 Å². The highest BCUT2D eigenvalue weighted by atomic mass is 79.9. The minimum atomic E-state index is 0.447. The maximum Gasteiger partial charge on any atom is 0.101 e. The molecule has 0 unspecified atom stereocenters. The number of fused-ring (bicyclic) bond motifs is 1. The van der Waals surface area contributed by atoms with Gasteiger partial charge < -0.3 is 10.3 Å². The van der Waals surface area contributed by atoms with Gasteiger partial charge in [0.1, 0.15) is 6.07 Å². The lowest BCUT2D eigenvalue weighted by Gasteiger charge is -2.03. The Bertz CT molecular complexity index is 550. The van der Waals surface area contributed by atoms with Crippen LogP contribution in [-0.2, 0) is 7.05 Å². The van der Waals surface area contributed by atoms with E-state index in [9.17, 15) is 0 Å². The number of halogens is 1. The van der Waals surface area contributed by atoms with Crippen molar-refractivity contribution in [1.82, 2.24) is 9.55 Å². The van der Waals surface area contributed by atoms with Crippen LogP contribution in [0.4, 0.5) is 5.69 Å². The lowest BCUT2D eigenvalue weighted by molar-refractivity contribution is 0.946. The third kappa shape index (κ3) is 1.08. The second-order valence-electron chi connectivity index (χ2n) is 2.99. The lowest BCUT2D eigenvalue weighted by atomic mass is 10.2. The molecule has 0 aliphatic rings. The molecule has 0 amide bonds. The second-order valence-corrected chi connectivity index (χ2v) is 3.78. The molecular formula is C9H7BrN4. The van der Waals surface area contributed by atoms with Crippen molar-refractivity contribution < 1.29 is 0 Å². The van der Waals surface area contributed by atoms with Gasteiger partial charge in [-0.25, -0.2) is 4.98 Å². The van der Waals surface area contributed by atoms with E-state index in [0.29, 0.717) is 11.3 Å². The molecule has 0 radical (unpaired) electrons. The normalized spacial score (nSPS) is 10.4. The van der Waals surface area contributed by atoms with E-state index < -0.39 is 0 Å². The van der Waals surface area contributed by atoms with Gasteiger partial charge in [0.2, 0.25) is 0 Å². The number of hydrogen-bond donors (Lipinski definition) is 1. The van der Waals surface area contributed by atoms with Crippen LogP contribution in [0.1, 0.15) is 5.56 Å². The average molecular weight is 251 g/mol. The molecule has 2 N–H and O–H groups in total. The van der Waals surface area contributed by atoms with Gasteiger partial charge in [-0.15, -0.1) is 0 Å². The van der Waals surface area contributed by atoms with E-state index in [0.717, 1.165) is 15.5 Å². The molecule has 4 nitrogen and oxygen atoms in total. The Kier molecular flexibility index (Phi) is 1.93. The average Bonchev–Trinajstić information content (AvgIpc) is 2.54. The minimum Gasteiger partial charge on any atom is -0.397 e. The van der Waals surface area contributed by atoms with E-state index in [4.69, 9.17) is 11.0 Å². The van der Waals surface area contributed by atoms with Crippen LogP contribution in [0.3, 0.4) is 0 Å². The summed E-state index contributed by atoms with van der Waals surface area (Å²) in [6.07, 6.45) is 1.69. The molecule has 0 bridgehead atoms. The van der Waals surface area contributed by atoms with Gasteiger partial charge >= 0.3 is 0 Å². The fourth-order valence-electron chi connectivity index (χ4n) is 1.37. The summed E-state index contributed by atoms with van der Waals surface area (Å²) in [5.41, 5.74) is 8.36. The molecule has 5 heteroatoms. The molecule has 0 fully saturated rings. The smallest absolute Gasteiger partial charge is 0.101 e. The Morgan fingerprint density at radius 3 is 3.00 bits per heavy atom. The van der Waals surface area contributed by atoms with E-state index in [2.05, 4.69) is 20.9 Å². The number of nitrogens with two attached hydrogens (primary N) is 1. The summed E-state index contributed by atoms with van der Waals surface area (Å²) in [5, 5.41) is 8.82. The maximum absolute atomic E-state index is 8.82. The molecule has 0 aliphatic carbocycles. The summed E-state index contributed by atoms with van der Waals surface area (Å²) >= 11 is 3.37. The van der Waals surface area contributed by atoms with Gasteiger partial charge in [-0.3, -0.25) is 0 Å². The van der Waals surface area contributed by atoms with Gasteiger partial charge in [0, 0.05) is 7.05 Å². The summed E-state index contributed by atoms with van der Waals surface area (Å²) in [5.74, 6) is 0. The van der Waals surface area contributed by atoms with Crippen LogP contribution in [0.15, 0.2) is 16.9 Å². The first-order valence-electron chi connectivity index (χ1n) is 3.94. The van der Waals surface area contributed by atoms with E-state index in [1.54, 1.807) is 12.4 Å². The van der Waals surface area contributed by atoms with Crippen molar-refractivity contribution in [3.8, 4) is 6.07 Å². The lowest BCUT2D eigenvalue weighted by Crippen LogP contribution is -1.95. The van der Waals surface area contributed by atoms with E-state index in [-0.39, 0.29) is 0 Å². The number of anilines is 1. The first-order chi connectivity index (χ1) is 6.65. The highest BCUT2D eigenvalue weighted by Crippen LogP contribution is 2.31. The summed E-state index contributed by atoms with van der Waals surface area (Å²) < 4.78 is 2.59. The number of nitrogens with zero attached hydrogens (tertiary/aromatic N) is 3. The molecule has 1 aromatic carbocycles. The molecule has 1 aromatic heterocycles. The van der Waals surface area contributed by atoms with E-state index in [1.165, 1.54) is 0 Å². The SMILES string of the molecule is Cn1cnc2cc(C#N)c(N)c(Br)c21. The molecule has 2 rings (SSSR count). The molecule has 0 saturated carbocycles. The van der Waals surface area contributed by atoms with Crippen molar-refractivity contribution in [2.75, 3.05) is 5.73 Å². The zero-order valence-corrected chi connectivity index (χ0v) is 9.04. The van der Waals surface area contributed by atoms with Crippen LogP contribution in [-0.4, -0.2) is 9.55 Å². The van der Waals surface area contributed by atoms with Crippen LogP contribution >= 0.6 is 15.9 Å². The predicted octanol–water partition coefficient (Wildman–Crippen LogP) is 1.79. The second kappa shape index (κ2) is 3.00. The van der Waals surface area contributed by atoms with Crippen LogP contribution in [0.2, 0.25) is 0 Å². The summed E-state index contributed by atoms with van der Waals surface area (Å²) in [6.45, 7) is 0. The van der Waals surface area contributed by atoms with Crippen LogP contribution in [0.5, 0.6) is 0 Å². The first kappa shape index (κ1) is 9.03. The van der Waals surface area contributed by atoms with Gasteiger partial charge in [0.25, 0.3) is 0 Å². The monoisotopic (exact) mass is 250 g/mol. The van der Waals surface area contributed by atoms with Crippen molar-refractivity contribution in [1.29, 1.82) is 5.26 Å². The molecule has 0 atom stereocenters. The first-order valence-corrected chi connectivity index (χ1v) is 4.73. The van der Waals surface area contributed by atoms with Crippen LogP contribution in [0.25, 0.3) is 11.0 Å². The summed E-state index contributed by atoms with van der Waals surface area (Å²) in [4.78, 5) is 4.16. The molecule has 1 heterocycles. The number of imidazole rings is 1. The van der Waals surface area contributed by atoms with Crippen LogP contribution < -0.4 is 5.73 Å². The van der Waals surface area contributed by atoms with Crippen LogP contribution in [0, 0.1) is 11.3 Å². The third-order valence-corrected chi connectivity index (χ3v) is 2.90. The molecule has 0 aliphatic heterocycles. The number of hydrogen-bond acceptors (Lipinski definition) is 3. The number of aryl methyl sites for hydroxylation is 1. The standard InChI is InChI=1S/C9H7BrN4/c1-14-4-13-6-2-5(3-11)8(12)7(10)9(6)14/h2,4H,12H2,1H3. The number of rotatable bonds is 0. The van der Waals surface area contributed by atoms with Crippen molar-refractivity contribution in [3.05, 3.63) is 22.4 Å². The number of benzene rings is 1. The molecule has 0 saturated heterocycles. The quantitative estimate of drug-likeness (QED) is 0.726. The van der Waals surface area contributed by atoms with Gasteiger partial charge in [-0.2, -0.15) is 5.26 Å². The largest absolute Gasteiger partial charge is 0.397 e.